The first-order valence-electron chi connectivity index (χ1n) is 15.8. The Labute approximate surface area is 248 Å². The largest absolute Gasteiger partial charge is 0.300 e. The van der Waals surface area contributed by atoms with Crippen molar-refractivity contribution in [2.45, 2.75) is 113 Å². The molecule has 3 rings (SSSR count). The maximum Gasteiger partial charge on any atom is 0.163 e. The van der Waals surface area contributed by atoms with Crippen molar-refractivity contribution in [2.24, 2.45) is 23.7 Å². The molecule has 0 saturated carbocycles. The Bertz CT molecular complexity index is 1210. The van der Waals surface area contributed by atoms with E-state index in [1.54, 1.807) is 0 Å². The molecule has 0 amide bonds. The number of rotatable bonds is 13. The number of ketones is 4. The van der Waals surface area contributed by atoms with E-state index in [-0.39, 0.29) is 47.3 Å². The topological polar surface area (TPSA) is 68.3 Å². The fourth-order valence-electron chi connectivity index (χ4n) is 6.36. The van der Waals surface area contributed by atoms with Crippen LogP contribution in [-0.2, 0) is 16.0 Å². The Balaban J connectivity index is 0.00000187. The van der Waals surface area contributed by atoms with Gasteiger partial charge in [-0.25, -0.2) is 0 Å². The highest BCUT2D eigenvalue weighted by molar-refractivity contribution is 6.02. The van der Waals surface area contributed by atoms with Gasteiger partial charge in [0.15, 0.2) is 11.6 Å². The second-order valence-corrected chi connectivity index (χ2v) is 12.4. The van der Waals surface area contributed by atoms with Crippen LogP contribution < -0.4 is 0 Å². The Morgan fingerprint density at radius 3 is 2.24 bits per heavy atom. The van der Waals surface area contributed by atoms with Gasteiger partial charge in [0.1, 0.15) is 11.6 Å². The molecular formula is C37H52O4. The molecule has 4 nitrogen and oxygen atoms in total. The monoisotopic (exact) mass is 560 g/mol. The number of hydrogen-bond acceptors (Lipinski definition) is 4. The van der Waals surface area contributed by atoms with Crippen LogP contribution in [0.4, 0.5) is 0 Å². The van der Waals surface area contributed by atoms with E-state index in [1.165, 1.54) is 13.3 Å². The minimum atomic E-state index is -0.143. The quantitative estimate of drug-likeness (QED) is 0.181. The van der Waals surface area contributed by atoms with Gasteiger partial charge < -0.3 is 0 Å². The van der Waals surface area contributed by atoms with Crippen molar-refractivity contribution in [3.63, 3.8) is 0 Å². The first kappa shape index (κ1) is 34.3. The van der Waals surface area contributed by atoms with E-state index in [0.29, 0.717) is 24.3 Å². The Hall–Kier alpha value is -2.88. The molecule has 0 bridgehead atoms. The minimum absolute atomic E-state index is 0.000361. The maximum atomic E-state index is 13.5. The third kappa shape index (κ3) is 9.58. The zero-order valence-corrected chi connectivity index (χ0v) is 26.8. The summed E-state index contributed by atoms with van der Waals surface area (Å²) >= 11 is 0. The van der Waals surface area contributed by atoms with Crippen LogP contribution in [0.25, 0.3) is 11.1 Å². The molecule has 224 valence electrons. The summed E-state index contributed by atoms with van der Waals surface area (Å²) in [5.41, 5.74) is 5.59. The Kier molecular flexibility index (Phi) is 13.8. The normalized spacial score (nSPS) is 15.9. The Morgan fingerprint density at radius 2 is 1.66 bits per heavy atom. The maximum absolute atomic E-state index is 13.5. The predicted molar refractivity (Wildman–Crippen MR) is 170 cm³/mol. The summed E-state index contributed by atoms with van der Waals surface area (Å²) in [5.74, 6) is 0.734. The molecule has 0 fully saturated rings. The second kappa shape index (κ2) is 16.5. The summed E-state index contributed by atoms with van der Waals surface area (Å²) in [7, 11) is 0. The van der Waals surface area contributed by atoms with Gasteiger partial charge in [-0.05, 0) is 79.2 Å². The smallest absolute Gasteiger partial charge is 0.163 e. The van der Waals surface area contributed by atoms with Crippen molar-refractivity contribution >= 4 is 23.1 Å². The molecule has 0 aliphatic heterocycles. The zero-order chi connectivity index (χ0) is 30.7. The van der Waals surface area contributed by atoms with Crippen molar-refractivity contribution in [3.05, 3.63) is 58.7 Å². The average molecular weight is 561 g/mol. The highest BCUT2D eigenvalue weighted by Crippen LogP contribution is 2.40. The molecule has 0 aromatic heterocycles. The number of benzene rings is 2. The van der Waals surface area contributed by atoms with Crippen LogP contribution in [0.3, 0.4) is 0 Å². The van der Waals surface area contributed by atoms with E-state index in [2.05, 4.69) is 26.8 Å². The summed E-state index contributed by atoms with van der Waals surface area (Å²) < 4.78 is 0. The van der Waals surface area contributed by atoms with Gasteiger partial charge in [0, 0.05) is 29.9 Å². The summed E-state index contributed by atoms with van der Waals surface area (Å²) in [6.45, 7) is 16.0. The van der Waals surface area contributed by atoms with Gasteiger partial charge in [0.2, 0.25) is 0 Å². The van der Waals surface area contributed by atoms with E-state index in [0.717, 1.165) is 59.9 Å². The average Bonchev–Trinajstić information content (AvgIpc) is 2.89. The van der Waals surface area contributed by atoms with Crippen molar-refractivity contribution in [1.29, 1.82) is 0 Å². The summed E-state index contributed by atoms with van der Waals surface area (Å²) in [6, 6.07) is 11.9. The molecule has 3 atom stereocenters. The van der Waals surface area contributed by atoms with Crippen LogP contribution in [-0.4, -0.2) is 23.1 Å². The molecule has 3 unspecified atom stereocenters. The van der Waals surface area contributed by atoms with Crippen LogP contribution in [0.5, 0.6) is 0 Å². The molecule has 41 heavy (non-hydrogen) atoms. The van der Waals surface area contributed by atoms with E-state index in [9.17, 15) is 19.2 Å². The number of carbonyl (C=O) groups excluding carboxylic acids is 4. The lowest BCUT2D eigenvalue weighted by Gasteiger charge is -2.32. The lowest BCUT2D eigenvalue weighted by atomic mass is 9.71. The molecule has 0 spiro atoms. The molecule has 4 heteroatoms. The fraction of sp³-hybridized carbons (Fsp3) is 0.568. The number of Topliss-reactive ketones (excluding diaryl/α,β-unsaturated/α-hetero) is 4. The van der Waals surface area contributed by atoms with Crippen molar-refractivity contribution in [3.8, 4) is 11.1 Å². The van der Waals surface area contributed by atoms with Crippen LogP contribution in [0, 0.1) is 30.6 Å². The van der Waals surface area contributed by atoms with Crippen LogP contribution in [0.2, 0.25) is 0 Å². The molecule has 2 aromatic rings. The van der Waals surface area contributed by atoms with Crippen LogP contribution >= 0.6 is 0 Å². The highest BCUT2D eigenvalue weighted by atomic mass is 16.1. The Morgan fingerprint density at radius 1 is 0.976 bits per heavy atom. The van der Waals surface area contributed by atoms with Gasteiger partial charge in [-0.3, -0.25) is 19.2 Å². The number of fused-ring (bicyclic) bond motifs is 1. The first-order chi connectivity index (χ1) is 19.5. The third-order valence-corrected chi connectivity index (χ3v) is 8.00. The van der Waals surface area contributed by atoms with Gasteiger partial charge in [-0.1, -0.05) is 91.1 Å². The molecule has 2 aromatic carbocycles. The first-order valence-corrected chi connectivity index (χ1v) is 15.8. The summed E-state index contributed by atoms with van der Waals surface area (Å²) in [5, 5.41) is 0. The zero-order valence-electron chi connectivity index (χ0n) is 26.8. The number of hydrogen-bond donors (Lipinski definition) is 0. The number of carbonyl (C=O) groups is 4. The van der Waals surface area contributed by atoms with E-state index in [1.807, 2.05) is 58.0 Å². The van der Waals surface area contributed by atoms with Gasteiger partial charge in [0.05, 0.1) is 6.42 Å². The van der Waals surface area contributed by atoms with Gasteiger partial charge >= 0.3 is 0 Å². The lowest BCUT2D eigenvalue weighted by Crippen LogP contribution is -2.30. The highest BCUT2D eigenvalue weighted by Gasteiger charge is 2.34. The van der Waals surface area contributed by atoms with Gasteiger partial charge in [-0.15, -0.1) is 0 Å². The van der Waals surface area contributed by atoms with E-state index >= 15 is 0 Å². The summed E-state index contributed by atoms with van der Waals surface area (Å²) in [6.07, 6.45) is 6.43. The fourth-order valence-corrected chi connectivity index (χ4v) is 6.36. The lowest BCUT2D eigenvalue weighted by molar-refractivity contribution is -0.129. The van der Waals surface area contributed by atoms with E-state index in [4.69, 9.17) is 0 Å². The SMILES string of the molecule is CCC.CCCC(CC1CC(=O)c2c(C)ccc(-c3cccc(C(=O)CC(C)C)c3)c2C1)C(CC)C(=O)CC(C)=O. The molecule has 0 radical (unpaired) electrons. The van der Waals surface area contributed by atoms with Crippen molar-refractivity contribution < 1.29 is 19.2 Å². The second-order valence-electron chi connectivity index (χ2n) is 12.4. The standard InChI is InChI=1S/C34H44O4.C3H8/c1-7-10-25(28(8-2)32(37)16-23(6)35)17-24-18-30-29(14-13-22(5)34(30)33(38)19-24)26-11-9-12-27(20-26)31(36)15-21(3)4;1-3-2/h9,11-14,20-21,24-25,28H,7-8,10,15-19H2,1-6H3;3H2,1-2H3. The minimum Gasteiger partial charge on any atom is -0.300 e. The molecular weight excluding hydrogens is 508 g/mol. The van der Waals surface area contributed by atoms with Crippen LogP contribution in [0.1, 0.15) is 132 Å². The molecule has 0 saturated heterocycles. The third-order valence-electron chi connectivity index (χ3n) is 8.00. The molecule has 0 N–H and O–H groups in total. The van der Waals surface area contributed by atoms with E-state index < -0.39 is 0 Å². The van der Waals surface area contributed by atoms with Crippen LogP contribution in [0.15, 0.2) is 36.4 Å². The summed E-state index contributed by atoms with van der Waals surface area (Å²) in [4.78, 5) is 50.9. The van der Waals surface area contributed by atoms with Gasteiger partial charge in [0.25, 0.3) is 0 Å². The molecule has 1 aliphatic carbocycles. The van der Waals surface area contributed by atoms with Crippen molar-refractivity contribution in [1.82, 2.24) is 0 Å². The molecule has 0 heterocycles. The predicted octanol–water partition coefficient (Wildman–Crippen LogP) is 9.43. The number of aryl methyl sites for hydroxylation is 1. The van der Waals surface area contributed by atoms with Gasteiger partial charge in [-0.2, -0.15) is 0 Å². The van der Waals surface area contributed by atoms with Crippen molar-refractivity contribution in [2.75, 3.05) is 0 Å². The molecule has 1 aliphatic rings.